The number of hydrogen-bond acceptors (Lipinski definition) is 2. The number of thiocarbonyl (C=S) groups is 1. The third-order valence-corrected chi connectivity index (χ3v) is 4.38. The minimum Gasteiger partial charge on any atom is -0.286 e. The summed E-state index contributed by atoms with van der Waals surface area (Å²) in [5, 5.41) is 1.54. The Bertz CT molecular complexity index is 722. The van der Waals surface area contributed by atoms with Crippen molar-refractivity contribution >= 4 is 52.2 Å². The molecule has 1 aliphatic heterocycles. The van der Waals surface area contributed by atoms with Gasteiger partial charge in [-0.05, 0) is 48.5 Å². The van der Waals surface area contributed by atoms with Gasteiger partial charge >= 0.3 is 0 Å². The van der Waals surface area contributed by atoms with Gasteiger partial charge in [0.05, 0.1) is 11.6 Å². The maximum absolute atomic E-state index is 12.6. The second kappa shape index (κ2) is 6.32. The van der Waals surface area contributed by atoms with Gasteiger partial charge in [-0.1, -0.05) is 41.4 Å². The number of aliphatic imine (C=N–C) groups is 1. The monoisotopic (exact) mass is 350 g/mol. The lowest BCUT2D eigenvalue weighted by molar-refractivity contribution is -0.128. The van der Waals surface area contributed by atoms with Crippen molar-refractivity contribution in [2.45, 2.75) is 6.42 Å². The van der Waals surface area contributed by atoms with E-state index in [0.29, 0.717) is 33.8 Å². The molecule has 1 unspecified atom stereocenters. The summed E-state index contributed by atoms with van der Waals surface area (Å²) in [4.78, 5) is 18.4. The van der Waals surface area contributed by atoms with Crippen LogP contribution in [0.2, 0.25) is 5.02 Å². The van der Waals surface area contributed by atoms with Gasteiger partial charge in [-0.2, -0.15) is 0 Å². The molecule has 0 saturated heterocycles. The predicted molar refractivity (Wildman–Crippen MR) is 93.5 cm³/mol. The summed E-state index contributed by atoms with van der Waals surface area (Å²) in [6.07, 6.45) is 5.86. The molecule has 112 valence electrons. The average molecular weight is 351 g/mol. The van der Waals surface area contributed by atoms with Crippen molar-refractivity contribution in [2.75, 3.05) is 6.54 Å². The van der Waals surface area contributed by atoms with Gasteiger partial charge in [0.25, 0.3) is 0 Å². The molecule has 22 heavy (non-hydrogen) atoms. The van der Waals surface area contributed by atoms with Crippen molar-refractivity contribution in [2.24, 2.45) is 10.9 Å². The molecule has 0 radical (unpaired) electrons. The smallest absolute Gasteiger partial charge is 0.241 e. The molecule has 1 amide bonds. The molecule has 3 nitrogen and oxygen atoms in total. The Balaban J connectivity index is 1.75. The first-order chi connectivity index (χ1) is 10.5. The normalized spacial score (nSPS) is 20.6. The van der Waals surface area contributed by atoms with Gasteiger partial charge in [0.1, 0.15) is 0 Å². The van der Waals surface area contributed by atoms with Crippen LogP contribution in [0.3, 0.4) is 0 Å². The molecular formula is C16H12Cl2N2OS. The Kier molecular flexibility index (Phi) is 4.43. The van der Waals surface area contributed by atoms with E-state index in [4.69, 9.17) is 35.4 Å². The van der Waals surface area contributed by atoms with Crippen LogP contribution in [0.15, 0.2) is 52.5 Å². The number of nitrogens with zero attached hydrogens (tertiary/aromatic N) is 2. The molecule has 1 aromatic rings. The van der Waals surface area contributed by atoms with Gasteiger partial charge in [0.2, 0.25) is 11.0 Å². The zero-order chi connectivity index (χ0) is 15.7. The molecule has 0 fully saturated rings. The van der Waals surface area contributed by atoms with Crippen LogP contribution in [0.4, 0.5) is 0 Å². The maximum Gasteiger partial charge on any atom is 0.241 e. The molecule has 6 heteroatoms. The fourth-order valence-electron chi connectivity index (χ4n) is 2.41. The summed E-state index contributed by atoms with van der Waals surface area (Å²) in [6, 6.07) is 7.55. The van der Waals surface area contributed by atoms with Gasteiger partial charge in [-0.25, -0.2) is 4.99 Å². The van der Waals surface area contributed by atoms with Gasteiger partial charge < -0.3 is 0 Å². The second-order valence-electron chi connectivity index (χ2n) is 5.05. The molecule has 1 aromatic carbocycles. The second-order valence-corrected chi connectivity index (χ2v) is 6.29. The van der Waals surface area contributed by atoms with Crippen molar-refractivity contribution < 1.29 is 4.79 Å². The van der Waals surface area contributed by atoms with E-state index < -0.39 is 0 Å². The van der Waals surface area contributed by atoms with Crippen LogP contribution < -0.4 is 0 Å². The number of benzene rings is 1. The standard InChI is InChI=1S/C16H12Cl2N2OS/c17-11-3-1-10(2-4-11)7-8-20-15(21)13-6-5-12(18)9-14(13)19-16(20)22/h1-6,9,13H,7-8H2. The van der Waals surface area contributed by atoms with Crippen molar-refractivity contribution in [3.63, 3.8) is 0 Å². The molecule has 0 spiro atoms. The number of carbonyl (C=O) groups is 1. The SMILES string of the molecule is O=C1C2C=CC(Cl)=CC2=NC(=S)N1CCc1ccc(Cl)cc1. The molecule has 1 heterocycles. The van der Waals surface area contributed by atoms with E-state index in [-0.39, 0.29) is 11.8 Å². The minimum absolute atomic E-state index is 0.0550. The lowest BCUT2D eigenvalue weighted by Crippen LogP contribution is -2.46. The third kappa shape index (κ3) is 3.14. The number of rotatable bonds is 3. The molecule has 0 bridgehead atoms. The quantitative estimate of drug-likeness (QED) is 0.777. The van der Waals surface area contributed by atoms with Crippen LogP contribution in [-0.4, -0.2) is 28.2 Å². The molecule has 1 atom stereocenters. The molecule has 0 saturated carbocycles. The lowest BCUT2D eigenvalue weighted by Gasteiger charge is -2.30. The summed E-state index contributed by atoms with van der Waals surface area (Å²) in [6.45, 7) is 0.498. The molecule has 1 aliphatic carbocycles. The van der Waals surface area contributed by atoms with E-state index >= 15 is 0 Å². The van der Waals surface area contributed by atoms with Gasteiger partial charge in [-0.3, -0.25) is 9.69 Å². The van der Waals surface area contributed by atoms with E-state index in [1.807, 2.05) is 24.3 Å². The van der Waals surface area contributed by atoms with Crippen LogP contribution in [0.25, 0.3) is 0 Å². The summed E-state index contributed by atoms with van der Waals surface area (Å²) in [7, 11) is 0. The minimum atomic E-state index is -0.389. The van der Waals surface area contributed by atoms with Crippen molar-refractivity contribution in [1.82, 2.24) is 4.90 Å². The summed E-state index contributed by atoms with van der Waals surface area (Å²) in [5.74, 6) is -0.444. The van der Waals surface area contributed by atoms with Crippen LogP contribution in [0.5, 0.6) is 0 Å². The van der Waals surface area contributed by atoms with Crippen molar-refractivity contribution in [1.29, 1.82) is 0 Å². The predicted octanol–water partition coefficient (Wildman–Crippen LogP) is 3.76. The fourth-order valence-corrected chi connectivity index (χ4v) is 3.00. The maximum atomic E-state index is 12.6. The molecular weight excluding hydrogens is 339 g/mol. The first kappa shape index (κ1) is 15.4. The lowest BCUT2D eigenvalue weighted by atomic mass is 9.95. The number of carbonyl (C=O) groups excluding carboxylic acids is 1. The fraction of sp³-hybridized carbons (Fsp3) is 0.188. The van der Waals surface area contributed by atoms with Crippen molar-refractivity contribution in [3.05, 3.63) is 58.1 Å². The summed E-state index contributed by atoms with van der Waals surface area (Å²) >= 11 is 17.1. The van der Waals surface area contributed by atoms with Crippen LogP contribution in [0, 0.1) is 5.92 Å². The van der Waals surface area contributed by atoms with E-state index in [1.54, 1.807) is 23.1 Å². The van der Waals surface area contributed by atoms with Gasteiger partial charge in [0.15, 0.2) is 0 Å². The van der Waals surface area contributed by atoms with E-state index in [0.717, 1.165) is 5.56 Å². The number of allylic oxidation sites excluding steroid dienone is 3. The van der Waals surface area contributed by atoms with Crippen LogP contribution >= 0.6 is 35.4 Å². The van der Waals surface area contributed by atoms with E-state index in [1.165, 1.54) is 0 Å². The highest BCUT2D eigenvalue weighted by Crippen LogP contribution is 2.24. The highest BCUT2D eigenvalue weighted by Gasteiger charge is 2.34. The number of halogens is 2. The van der Waals surface area contributed by atoms with Gasteiger partial charge in [-0.15, -0.1) is 0 Å². The Morgan fingerprint density at radius 2 is 1.95 bits per heavy atom. The van der Waals surface area contributed by atoms with Crippen LogP contribution in [-0.2, 0) is 11.2 Å². The zero-order valence-corrected chi connectivity index (χ0v) is 13.8. The topological polar surface area (TPSA) is 32.7 Å². The zero-order valence-electron chi connectivity index (χ0n) is 11.5. The molecule has 0 N–H and O–H groups in total. The number of hydrogen-bond donors (Lipinski definition) is 0. The highest BCUT2D eigenvalue weighted by atomic mass is 35.5. The first-order valence-corrected chi connectivity index (χ1v) is 7.95. The Labute approximate surface area is 143 Å². The van der Waals surface area contributed by atoms with E-state index in [2.05, 4.69) is 4.99 Å². The Morgan fingerprint density at radius 3 is 2.68 bits per heavy atom. The Morgan fingerprint density at radius 1 is 1.23 bits per heavy atom. The summed E-state index contributed by atoms with van der Waals surface area (Å²) in [5.41, 5.74) is 1.71. The number of fused-ring (bicyclic) bond motifs is 1. The summed E-state index contributed by atoms with van der Waals surface area (Å²) < 4.78 is 0. The number of amides is 1. The van der Waals surface area contributed by atoms with Crippen molar-refractivity contribution in [3.8, 4) is 0 Å². The molecule has 2 aliphatic rings. The Hall–Kier alpha value is -1.49. The highest BCUT2D eigenvalue weighted by molar-refractivity contribution is 7.80. The first-order valence-electron chi connectivity index (χ1n) is 6.78. The largest absolute Gasteiger partial charge is 0.286 e. The average Bonchev–Trinajstić information content (AvgIpc) is 2.48. The van der Waals surface area contributed by atoms with E-state index in [9.17, 15) is 4.79 Å². The van der Waals surface area contributed by atoms with Crippen LogP contribution in [0.1, 0.15) is 5.56 Å². The third-order valence-electron chi connectivity index (χ3n) is 3.58. The molecule has 0 aromatic heterocycles. The molecule has 3 rings (SSSR count). The van der Waals surface area contributed by atoms with Gasteiger partial charge in [0, 0.05) is 16.6 Å².